The Bertz CT molecular complexity index is 334. The molecular formula is C13H25N3O. The van der Waals surface area contributed by atoms with Crippen molar-refractivity contribution in [2.75, 3.05) is 13.7 Å². The zero-order chi connectivity index (χ0) is 12.7. The van der Waals surface area contributed by atoms with Crippen molar-refractivity contribution in [2.45, 2.75) is 46.1 Å². The summed E-state index contributed by atoms with van der Waals surface area (Å²) in [7, 11) is 3.88. The molecule has 0 aromatic carbocycles. The van der Waals surface area contributed by atoms with E-state index in [4.69, 9.17) is 4.74 Å². The molecule has 0 aliphatic rings. The maximum atomic E-state index is 5.85. The Kier molecular flexibility index (Phi) is 6.05. The third-order valence-electron chi connectivity index (χ3n) is 2.88. The Labute approximate surface area is 104 Å². The molecule has 0 aliphatic carbocycles. The summed E-state index contributed by atoms with van der Waals surface area (Å²) in [6.07, 6.45) is 4.92. The third-order valence-corrected chi connectivity index (χ3v) is 2.88. The number of aromatic nitrogens is 2. The first-order valence-corrected chi connectivity index (χ1v) is 6.50. The fourth-order valence-electron chi connectivity index (χ4n) is 1.94. The molecule has 1 aromatic rings. The van der Waals surface area contributed by atoms with Crippen LogP contribution >= 0.6 is 0 Å². The first-order chi connectivity index (χ1) is 8.20. The van der Waals surface area contributed by atoms with Crippen LogP contribution in [0.25, 0.3) is 0 Å². The van der Waals surface area contributed by atoms with E-state index in [0.29, 0.717) is 0 Å². The molecule has 1 rings (SSSR count). The van der Waals surface area contributed by atoms with Crippen LogP contribution in [0, 0.1) is 6.92 Å². The Morgan fingerprint density at radius 2 is 2.06 bits per heavy atom. The van der Waals surface area contributed by atoms with Gasteiger partial charge in [0.15, 0.2) is 0 Å². The van der Waals surface area contributed by atoms with E-state index in [2.05, 4.69) is 17.3 Å². The van der Waals surface area contributed by atoms with E-state index in [1.54, 1.807) is 0 Å². The van der Waals surface area contributed by atoms with Crippen molar-refractivity contribution in [2.24, 2.45) is 7.05 Å². The fraction of sp³-hybridized carbons (Fsp3) is 0.769. The van der Waals surface area contributed by atoms with E-state index in [-0.39, 0.29) is 0 Å². The molecule has 4 nitrogen and oxygen atoms in total. The Balaban J connectivity index is 2.51. The van der Waals surface area contributed by atoms with Gasteiger partial charge in [-0.15, -0.1) is 0 Å². The second kappa shape index (κ2) is 7.33. The minimum absolute atomic E-state index is 0.787. The van der Waals surface area contributed by atoms with Crippen LogP contribution in [0.2, 0.25) is 0 Å². The lowest BCUT2D eigenvalue weighted by atomic mass is 10.2. The summed E-state index contributed by atoms with van der Waals surface area (Å²) < 4.78 is 7.68. The van der Waals surface area contributed by atoms with Gasteiger partial charge in [-0.05, 0) is 20.4 Å². The minimum atomic E-state index is 0.787. The van der Waals surface area contributed by atoms with Crippen molar-refractivity contribution in [1.29, 1.82) is 0 Å². The highest BCUT2D eigenvalue weighted by Gasteiger charge is 2.13. The number of nitrogens with zero attached hydrogens (tertiary/aromatic N) is 2. The fourth-order valence-corrected chi connectivity index (χ4v) is 1.94. The van der Waals surface area contributed by atoms with E-state index in [1.807, 2.05) is 25.7 Å². The summed E-state index contributed by atoms with van der Waals surface area (Å²) in [5.41, 5.74) is 2.22. The Morgan fingerprint density at radius 3 is 2.71 bits per heavy atom. The van der Waals surface area contributed by atoms with Crippen molar-refractivity contribution in [3.05, 3.63) is 11.3 Å². The first kappa shape index (κ1) is 14.0. The largest absolute Gasteiger partial charge is 0.478 e. The predicted molar refractivity (Wildman–Crippen MR) is 70.3 cm³/mol. The van der Waals surface area contributed by atoms with Gasteiger partial charge in [-0.1, -0.05) is 26.2 Å². The van der Waals surface area contributed by atoms with Crippen molar-refractivity contribution >= 4 is 0 Å². The van der Waals surface area contributed by atoms with Crippen molar-refractivity contribution in [3.8, 4) is 5.88 Å². The summed E-state index contributed by atoms with van der Waals surface area (Å²) >= 11 is 0. The normalized spacial score (nSPS) is 10.8. The van der Waals surface area contributed by atoms with Gasteiger partial charge in [-0.2, -0.15) is 5.10 Å². The number of hydrogen-bond donors (Lipinski definition) is 1. The molecular weight excluding hydrogens is 214 g/mol. The van der Waals surface area contributed by atoms with Crippen LogP contribution < -0.4 is 10.1 Å². The van der Waals surface area contributed by atoms with Gasteiger partial charge in [0.05, 0.1) is 17.9 Å². The highest BCUT2D eigenvalue weighted by atomic mass is 16.5. The number of unbranched alkanes of at least 4 members (excludes halogenated alkanes) is 3. The van der Waals surface area contributed by atoms with Crippen molar-refractivity contribution < 1.29 is 4.74 Å². The Hall–Kier alpha value is -1.03. The molecule has 0 saturated heterocycles. The average Bonchev–Trinajstić information content (AvgIpc) is 2.56. The molecule has 0 atom stereocenters. The van der Waals surface area contributed by atoms with E-state index in [0.717, 1.165) is 31.1 Å². The minimum Gasteiger partial charge on any atom is -0.478 e. The summed E-state index contributed by atoms with van der Waals surface area (Å²) in [6.45, 7) is 5.84. The van der Waals surface area contributed by atoms with Gasteiger partial charge >= 0.3 is 0 Å². The topological polar surface area (TPSA) is 39.1 Å². The molecule has 0 spiro atoms. The van der Waals surface area contributed by atoms with Crippen molar-refractivity contribution in [1.82, 2.24) is 15.1 Å². The van der Waals surface area contributed by atoms with Crippen LogP contribution in [0.5, 0.6) is 5.88 Å². The number of hydrogen-bond acceptors (Lipinski definition) is 3. The molecule has 0 unspecified atom stereocenters. The average molecular weight is 239 g/mol. The lowest BCUT2D eigenvalue weighted by molar-refractivity contribution is 0.277. The van der Waals surface area contributed by atoms with Gasteiger partial charge in [0.25, 0.3) is 0 Å². The van der Waals surface area contributed by atoms with Crippen LogP contribution in [-0.2, 0) is 13.6 Å². The maximum absolute atomic E-state index is 5.85. The highest BCUT2D eigenvalue weighted by Crippen LogP contribution is 2.21. The first-order valence-electron chi connectivity index (χ1n) is 6.50. The van der Waals surface area contributed by atoms with Crippen LogP contribution in [0.1, 0.15) is 43.9 Å². The molecule has 98 valence electrons. The van der Waals surface area contributed by atoms with Gasteiger partial charge < -0.3 is 10.1 Å². The van der Waals surface area contributed by atoms with Crippen molar-refractivity contribution in [3.63, 3.8) is 0 Å². The third kappa shape index (κ3) is 4.04. The van der Waals surface area contributed by atoms with Crippen LogP contribution in [0.4, 0.5) is 0 Å². The van der Waals surface area contributed by atoms with E-state index < -0.39 is 0 Å². The molecule has 0 fully saturated rings. The molecule has 1 N–H and O–H groups in total. The maximum Gasteiger partial charge on any atom is 0.216 e. The summed E-state index contributed by atoms with van der Waals surface area (Å²) in [4.78, 5) is 0. The molecule has 4 heteroatoms. The molecule has 0 bridgehead atoms. The zero-order valence-electron chi connectivity index (χ0n) is 11.5. The van der Waals surface area contributed by atoms with Crippen LogP contribution in [0.15, 0.2) is 0 Å². The Morgan fingerprint density at radius 1 is 1.29 bits per heavy atom. The monoisotopic (exact) mass is 239 g/mol. The molecule has 0 amide bonds. The second-order valence-electron chi connectivity index (χ2n) is 4.43. The number of ether oxygens (including phenoxy) is 1. The molecule has 0 aliphatic heterocycles. The lowest BCUT2D eigenvalue weighted by Gasteiger charge is -2.08. The van der Waals surface area contributed by atoms with E-state index in [9.17, 15) is 0 Å². The number of rotatable bonds is 8. The number of aryl methyl sites for hydroxylation is 2. The SMILES string of the molecule is CCCCCCOc1c(CNC)c(C)nn1C. The summed E-state index contributed by atoms with van der Waals surface area (Å²) in [6, 6.07) is 0. The molecule has 1 heterocycles. The van der Waals surface area contributed by atoms with Gasteiger partial charge in [0.1, 0.15) is 0 Å². The summed E-state index contributed by atoms with van der Waals surface area (Å²) in [5.74, 6) is 0.911. The quantitative estimate of drug-likeness (QED) is 0.708. The molecule has 0 radical (unpaired) electrons. The van der Waals surface area contributed by atoms with Crippen LogP contribution in [0.3, 0.4) is 0 Å². The van der Waals surface area contributed by atoms with Crippen LogP contribution in [-0.4, -0.2) is 23.4 Å². The zero-order valence-corrected chi connectivity index (χ0v) is 11.5. The molecule has 1 aromatic heterocycles. The highest BCUT2D eigenvalue weighted by molar-refractivity contribution is 5.30. The summed E-state index contributed by atoms with van der Waals surface area (Å²) in [5, 5.41) is 7.55. The second-order valence-corrected chi connectivity index (χ2v) is 4.43. The smallest absolute Gasteiger partial charge is 0.216 e. The van der Waals surface area contributed by atoms with Gasteiger partial charge in [-0.3, -0.25) is 0 Å². The lowest BCUT2D eigenvalue weighted by Crippen LogP contribution is -2.09. The molecule has 0 saturated carbocycles. The van der Waals surface area contributed by atoms with Gasteiger partial charge in [0.2, 0.25) is 5.88 Å². The van der Waals surface area contributed by atoms with E-state index >= 15 is 0 Å². The number of nitrogens with one attached hydrogen (secondary N) is 1. The van der Waals surface area contributed by atoms with Gasteiger partial charge in [0, 0.05) is 13.6 Å². The molecule has 17 heavy (non-hydrogen) atoms. The van der Waals surface area contributed by atoms with Gasteiger partial charge in [-0.25, -0.2) is 4.68 Å². The standard InChI is InChI=1S/C13H25N3O/c1-5-6-7-8-9-17-13-12(10-14-3)11(2)15-16(13)4/h14H,5-10H2,1-4H3. The predicted octanol–water partition coefficient (Wildman–Crippen LogP) is 2.41. The van der Waals surface area contributed by atoms with E-state index in [1.165, 1.54) is 24.8 Å².